The Kier molecular flexibility index (Phi) is 2.19. The van der Waals surface area contributed by atoms with Gasteiger partial charge in [-0.2, -0.15) is 0 Å². The SMILES string of the molecule is CC(O)Cc1nccs1. The van der Waals surface area contributed by atoms with E-state index in [4.69, 9.17) is 5.11 Å². The van der Waals surface area contributed by atoms with Crippen molar-refractivity contribution in [3.8, 4) is 0 Å². The first-order chi connectivity index (χ1) is 4.29. The van der Waals surface area contributed by atoms with Crippen molar-refractivity contribution in [3.63, 3.8) is 0 Å². The normalized spacial score (nSPS) is 13.6. The molecule has 0 aromatic carbocycles. The van der Waals surface area contributed by atoms with E-state index < -0.39 is 0 Å². The van der Waals surface area contributed by atoms with E-state index >= 15 is 0 Å². The van der Waals surface area contributed by atoms with Crippen LogP contribution in [0.2, 0.25) is 0 Å². The Hall–Kier alpha value is -0.410. The number of aromatic nitrogens is 1. The number of hydrogen-bond donors (Lipinski definition) is 1. The molecule has 0 aliphatic rings. The van der Waals surface area contributed by atoms with Crippen molar-refractivity contribution >= 4 is 11.3 Å². The molecule has 1 rings (SSSR count). The average molecular weight is 143 g/mol. The number of thiazole rings is 1. The zero-order valence-electron chi connectivity index (χ0n) is 5.24. The van der Waals surface area contributed by atoms with Crippen molar-refractivity contribution in [2.75, 3.05) is 0 Å². The van der Waals surface area contributed by atoms with Gasteiger partial charge in [0.05, 0.1) is 11.1 Å². The molecule has 1 unspecified atom stereocenters. The standard InChI is InChI=1S/C6H9NOS/c1-5(8)4-6-7-2-3-9-6/h2-3,5,8H,4H2,1H3. The molecule has 1 aromatic heterocycles. The predicted octanol–water partition coefficient (Wildman–Crippen LogP) is 1.07. The molecule has 0 spiro atoms. The lowest BCUT2D eigenvalue weighted by Gasteiger charge is -1.96. The van der Waals surface area contributed by atoms with E-state index in [0.717, 1.165) is 5.01 Å². The molecular weight excluding hydrogens is 134 g/mol. The fourth-order valence-corrected chi connectivity index (χ4v) is 1.34. The summed E-state index contributed by atoms with van der Waals surface area (Å²) in [7, 11) is 0. The molecule has 0 saturated heterocycles. The second-order valence-electron chi connectivity index (χ2n) is 1.98. The highest BCUT2D eigenvalue weighted by atomic mass is 32.1. The van der Waals surface area contributed by atoms with Crippen LogP contribution in [0.1, 0.15) is 11.9 Å². The molecule has 0 bridgehead atoms. The van der Waals surface area contributed by atoms with E-state index in [0.29, 0.717) is 6.42 Å². The molecule has 0 saturated carbocycles. The Balaban J connectivity index is 2.48. The van der Waals surface area contributed by atoms with Gasteiger partial charge in [-0.25, -0.2) is 4.98 Å². The van der Waals surface area contributed by atoms with Crippen molar-refractivity contribution in [3.05, 3.63) is 16.6 Å². The molecule has 1 heterocycles. The highest BCUT2D eigenvalue weighted by Crippen LogP contribution is 2.05. The van der Waals surface area contributed by atoms with Crippen LogP contribution in [-0.4, -0.2) is 16.2 Å². The van der Waals surface area contributed by atoms with E-state index in [1.54, 1.807) is 24.5 Å². The predicted molar refractivity (Wildman–Crippen MR) is 37.5 cm³/mol. The molecule has 0 aliphatic carbocycles. The van der Waals surface area contributed by atoms with Crippen molar-refractivity contribution in [1.29, 1.82) is 0 Å². The Morgan fingerprint density at radius 1 is 1.89 bits per heavy atom. The minimum absolute atomic E-state index is 0.267. The third-order valence-corrected chi connectivity index (χ3v) is 1.76. The molecule has 0 aliphatic heterocycles. The van der Waals surface area contributed by atoms with Gasteiger partial charge in [-0.05, 0) is 6.92 Å². The summed E-state index contributed by atoms with van der Waals surface area (Å²) in [6.07, 6.45) is 2.16. The van der Waals surface area contributed by atoms with Gasteiger partial charge in [-0.1, -0.05) is 0 Å². The van der Waals surface area contributed by atoms with Crippen molar-refractivity contribution in [2.24, 2.45) is 0 Å². The number of hydrogen-bond acceptors (Lipinski definition) is 3. The van der Waals surface area contributed by atoms with E-state index in [1.165, 1.54) is 0 Å². The minimum Gasteiger partial charge on any atom is -0.393 e. The largest absolute Gasteiger partial charge is 0.393 e. The quantitative estimate of drug-likeness (QED) is 0.671. The molecule has 3 heteroatoms. The summed E-state index contributed by atoms with van der Waals surface area (Å²) in [4.78, 5) is 4.01. The zero-order chi connectivity index (χ0) is 6.69. The Labute approximate surface area is 58.2 Å². The van der Waals surface area contributed by atoms with Crippen LogP contribution in [0, 0.1) is 0 Å². The zero-order valence-corrected chi connectivity index (χ0v) is 6.06. The van der Waals surface area contributed by atoms with Crippen molar-refractivity contribution < 1.29 is 5.11 Å². The van der Waals surface area contributed by atoms with Gasteiger partial charge in [0, 0.05) is 18.0 Å². The van der Waals surface area contributed by atoms with E-state index in [-0.39, 0.29) is 6.10 Å². The van der Waals surface area contributed by atoms with E-state index in [2.05, 4.69) is 4.98 Å². The monoisotopic (exact) mass is 143 g/mol. The van der Waals surface area contributed by atoms with Gasteiger partial charge in [0.15, 0.2) is 0 Å². The number of aliphatic hydroxyl groups excluding tert-OH is 1. The van der Waals surface area contributed by atoms with Crippen LogP contribution in [0.5, 0.6) is 0 Å². The smallest absolute Gasteiger partial charge is 0.0950 e. The molecule has 1 atom stereocenters. The van der Waals surface area contributed by atoms with Crippen LogP contribution < -0.4 is 0 Å². The van der Waals surface area contributed by atoms with Crippen molar-refractivity contribution in [1.82, 2.24) is 4.98 Å². The molecule has 50 valence electrons. The summed E-state index contributed by atoms with van der Waals surface area (Å²) < 4.78 is 0. The van der Waals surface area contributed by atoms with Crippen LogP contribution >= 0.6 is 11.3 Å². The minimum atomic E-state index is -0.267. The molecule has 1 N–H and O–H groups in total. The molecule has 0 amide bonds. The second-order valence-corrected chi connectivity index (χ2v) is 2.96. The third-order valence-electron chi connectivity index (χ3n) is 0.953. The van der Waals surface area contributed by atoms with Crippen LogP contribution in [0.25, 0.3) is 0 Å². The highest BCUT2D eigenvalue weighted by molar-refractivity contribution is 7.09. The lowest BCUT2D eigenvalue weighted by molar-refractivity contribution is 0.195. The summed E-state index contributed by atoms with van der Waals surface area (Å²) in [5, 5.41) is 11.8. The number of rotatable bonds is 2. The van der Waals surface area contributed by atoms with Crippen LogP contribution in [-0.2, 0) is 6.42 Å². The molecule has 1 aromatic rings. The Morgan fingerprint density at radius 2 is 2.67 bits per heavy atom. The molecule has 9 heavy (non-hydrogen) atoms. The second kappa shape index (κ2) is 2.94. The van der Waals surface area contributed by atoms with Crippen LogP contribution in [0.4, 0.5) is 0 Å². The van der Waals surface area contributed by atoms with Gasteiger partial charge in [-0.3, -0.25) is 0 Å². The number of aliphatic hydroxyl groups is 1. The maximum Gasteiger partial charge on any atom is 0.0950 e. The van der Waals surface area contributed by atoms with E-state index in [9.17, 15) is 0 Å². The van der Waals surface area contributed by atoms with Crippen LogP contribution in [0.15, 0.2) is 11.6 Å². The molecular formula is C6H9NOS. The van der Waals surface area contributed by atoms with E-state index in [1.807, 2.05) is 5.38 Å². The molecule has 2 nitrogen and oxygen atoms in total. The van der Waals surface area contributed by atoms with Gasteiger partial charge >= 0.3 is 0 Å². The summed E-state index contributed by atoms with van der Waals surface area (Å²) >= 11 is 1.58. The Morgan fingerprint density at radius 3 is 3.11 bits per heavy atom. The van der Waals surface area contributed by atoms with Gasteiger partial charge in [0.25, 0.3) is 0 Å². The maximum atomic E-state index is 8.89. The lowest BCUT2D eigenvalue weighted by atomic mass is 10.3. The van der Waals surface area contributed by atoms with Gasteiger partial charge in [0.2, 0.25) is 0 Å². The average Bonchev–Trinajstić information content (AvgIpc) is 2.15. The molecule has 0 fully saturated rings. The first kappa shape index (κ1) is 6.71. The van der Waals surface area contributed by atoms with Gasteiger partial charge in [-0.15, -0.1) is 11.3 Å². The first-order valence-corrected chi connectivity index (χ1v) is 3.73. The maximum absolute atomic E-state index is 8.89. The fourth-order valence-electron chi connectivity index (χ4n) is 0.606. The summed E-state index contributed by atoms with van der Waals surface area (Å²) in [6.45, 7) is 1.77. The molecule has 0 radical (unpaired) electrons. The first-order valence-electron chi connectivity index (χ1n) is 2.85. The summed E-state index contributed by atoms with van der Waals surface area (Å²) in [6, 6.07) is 0. The summed E-state index contributed by atoms with van der Waals surface area (Å²) in [5.41, 5.74) is 0. The number of nitrogens with zero attached hydrogens (tertiary/aromatic N) is 1. The Bertz CT molecular complexity index is 160. The summed E-state index contributed by atoms with van der Waals surface area (Å²) in [5.74, 6) is 0. The van der Waals surface area contributed by atoms with Gasteiger partial charge in [0.1, 0.15) is 0 Å². The lowest BCUT2D eigenvalue weighted by Crippen LogP contribution is -2.02. The topological polar surface area (TPSA) is 33.1 Å². The van der Waals surface area contributed by atoms with Gasteiger partial charge < -0.3 is 5.11 Å². The highest BCUT2D eigenvalue weighted by Gasteiger charge is 1.98. The third kappa shape index (κ3) is 2.11. The van der Waals surface area contributed by atoms with Crippen molar-refractivity contribution in [2.45, 2.75) is 19.4 Å². The fraction of sp³-hybridized carbons (Fsp3) is 0.500. The van der Waals surface area contributed by atoms with Crippen LogP contribution in [0.3, 0.4) is 0 Å².